The molecule has 0 unspecified atom stereocenters. The number of nitro benzene ring substituents is 1. The molecule has 2 aromatic rings. The maximum atomic E-state index is 11.3. The zero-order chi connectivity index (χ0) is 20.0. The highest BCUT2D eigenvalue weighted by atomic mass is 35.5. The van der Waals surface area contributed by atoms with Crippen molar-refractivity contribution >= 4 is 23.3 Å². The second-order valence-corrected chi connectivity index (χ2v) is 6.95. The minimum absolute atomic E-state index is 0.0955. The molecule has 144 valence electrons. The van der Waals surface area contributed by atoms with E-state index in [1.54, 1.807) is 24.3 Å². The van der Waals surface area contributed by atoms with Crippen LogP contribution < -0.4 is 10.1 Å². The van der Waals surface area contributed by atoms with Gasteiger partial charge in [0.1, 0.15) is 11.8 Å². The molecule has 0 radical (unpaired) electrons. The molecule has 0 aliphatic rings. The van der Waals surface area contributed by atoms with Crippen LogP contribution in [0.1, 0.15) is 25.8 Å². The smallest absolute Gasteiger partial charge is 0.320 e. The summed E-state index contributed by atoms with van der Waals surface area (Å²) < 4.78 is 5.58. The van der Waals surface area contributed by atoms with E-state index in [2.05, 4.69) is 5.32 Å². The monoisotopic (exact) mass is 392 g/mol. The van der Waals surface area contributed by atoms with Gasteiger partial charge in [0, 0.05) is 17.6 Å². The first-order valence-corrected chi connectivity index (χ1v) is 8.81. The lowest BCUT2D eigenvalue weighted by Gasteiger charge is -2.16. The predicted octanol–water partition coefficient (Wildman–Crippen LogP) is 4.63. The van der Waals surface area contributed by atoms with Crippen LogP contribution in [0, 0.1) is 16.0 Å². The highest BCUT2D eigenvalue weighted by Crippen LogP contribution is 2.33. The summed E-state index contributed by atoms with van der Waals surface area (Å²) in [5, 5.41) is 23.6. The van der Waals surface area contributed by atoms with Crippen LogP contribution in [0.25, 0.3) is 0 Å². The number of hydrogen-bond donors (Lipinski definition) is 2. The van der Waals surface area contributed by atoms with Crippen LogP contribution in [0.2, 0.25) is 5.02 Å². The molecule has 7 nitrogen and oxygen atoms in total. The molecule has 8 heteroatoms. The zero-order valence-corrected chi connectivity index (χ0v) is 15.8. The molecule has 0 saturated carbocycles. The number of benzene rings is 2. The van der Waals surface area contributed by atoms with Crippen LogP contribution in [0.15, 0.2) is 42.5 Å². The first kappa shape index (κ1) is 20.7. The largest absolute Gasteiger partial charge is 0.480 e. The van der Waals surface area contributed by atoms with Crippen LogP contribution in [0.5, 0.6) is 11.5 Å². The van der Waals surface area contributed by atoms with E-state index in [1.165, 1.54) is 18.2 Å². The van der Waals surface area contributed by atoms with Crippen molar-refractivity contribution < 1.29 is 19.6 Å². The first-order chi connectivity index (χ1) is 12.8. The molecule has 0 heterocycles. The fourth-order valence-electron chi connectivity index (χ4n) is 2.51. The lowest BCUT2D eigenvalue weighted by atomic mass is 10.0. The lowest BCUT2D eigenvalue weighted by molar-refractivity contribution is -0.385. The summed E-state index contributed by atoms with van der Waals surface area (Å²) in [5.74, 6) is -0.0810. The highest BCUT2D eigenvalue weighted by molar-refractivity contribution is 6.30. The van der Waals surface area contributed by atoms with Gasteiger partial charge in [-0.05, 0) is 42.2 Å². The topological polar surface area (TPSA) is 102 Å². The number of nitro groups is 1. The maximum absolute atomic E-state index is 11.3. The Labute approximate surface area is 162 Å². The number of ether oxygens (including phenoxy) is 1. The molecule has 2 rings (SSSR count). The van der Waals surface area contributed by atoms with E-state index in [9.17, 15) is 20.0 Å². The molecular formula is C19H21ClN2O5. The second kappa shape index (κ2) is 9.34. The Morgan fingerprint density at radius 1 is 1.26 bits per heavy atom. The average molecular weight is 393 g/mol. The quantitative estimate of drug-likeness (QED) is 0.476. The number of carboxylic acid groups (broad SMARTS) is 1. The van der Waals surface area contributed by atoms with Gasteiger partial charge in [0.15, 0.2) is 0 Å². The molecule has 0 spiro atoms. The number of halogens is 1. The molecule has 2 aromatic carbocycles. The molecule has 0 aliphatic heterocycles. The Kier molecular flexibility index (Phi) is 7.15. The van der Waals surface area contributed by atoms with E-state index in [-0.39, 0.29) is 22.4 Å². The van der Waals surface area contributed by atoms with Gasteiger partial charge >= 0.3 is 11.7 Å². The van der Waals surface area contributed by atoms with Gasteiger partial charge in [0.05, 0.1) is 4.92 Å². The number of hydrogen-bond acceptors (Lipinski definition) is 5. The third-order valence-electron chi connectivity index (χ3n) is 3.83. The van der Waals surface area contributed by atoms with Crippen LogP contribution >= 0.6 is 11.6 Å². The summed E-state index contributed by atoms with van der Waals surface area (Å²) in [4.78, 5) is 21.8. The fraction of sp³-hybridized carbons (Fsp3) is 0.316. The summed E-state index contributed by atoms with van der Waals surface area (Å²) in [6.45, 7) is 4.34. The van der Waals surface area contributed by atoms with Crippen molar-refractivity contribution in [2.24, 2.45) is 5.92 Å². The van der Waals surface area contributed by atoms with Gasteiger partial charge < -0.3 is 15.2 Å². The van der Waals surface area contributed by atoms with Gasteiger partial charge in [0.2, 0.25) is 5.75 Å². The van der Waals surface area contributed by atoms with Gasteiger partial charge in [-0.15, -0.1) is 0 Å². The minimum atomic E-state index is -0.876. The third kappa shape index (κ3) is 6.23. The normalized spacial score (nSPS) is 12.0. The van der Waals surface area contributed by atoms with Crippen LogP contribution in [0.4, 0.5) is 5.69 Å². The number of aliphatic carboxylic acids is 1. The zero-order valence-electron chi connectivity index (χ0n) is 15.0. The number of carboxylic acids is 1. The van der Waals surface area contributed by atoms with E-state index < -0.39 is 16.9 Å². The van der Waals surface area contributed by atoms with Gasteiger partial charge in [-0.1, -0.05) is 37.6 Å². The van der Waals surface area contributed by atoms with Crippen molar-refractivity contribution in [3.05, 3.63) is 63.2 Å². The summed E-state index contributed by atoms with van der Waals surface area (Å²) in [7, 11) is 0. The molecule has 27 heavy (non-hydrogen) atoms. The molecule has 0 bridgehead atoms. The fourth-order valence-corrected chi connectivity index (χ4v) is 2.67. The minimum Gasteiger partial charge on any atom is -0.480 e. The molecule has 0 saturated heterocycles. The molecule has 0 amide bonds. The van der Waals surface area contributed by atoms with E-state index in [4.69, 9.17) is 16.3 Å². The van der Waals surface area contributed by atoms with Crippen molar-refractivity contribution in [1.29, 1.82) is 0 Å². The first-order valence-electron chi connectivity index (χ1n) is 8.43. The Balaban J connectivity index is 2.03. The summed E-state index contributed by atoms with van der Waals surface area (Å²) in [6, 6.07) is 10.5. The molecular weight excluding hydrogens is 372 g/mol. The summed E-state index contributed by atoms with van der Waals surface area (Å²) in [6.07, 6.45) is 0.538. The molecule has 0 aromatic heterocycles. The van der Waals surface area contributed by atoms with E-state index in [0.717, 1.165) is 5.56 Å². The van der Waals surface area contributed by atoms with E-state index in [1.807, 2.05) is 13.8 Å². The molecule has 1 atom stereocenters. The average Bonchev–Trinajstić information content (AvgIpc) is 2.60. The van der Waals surface area contributed by atoms with Crippen molar-refractivity contribution in [1.82, 2.24) is 5.32 Å². The van der Waals surface area contributed by atoms with Crippen LogP contribution in [0.3, 0.4) is 0 Å². The highest BCUT2D eigenvalue weighted by Gasteiger charge is 2.18. The standard InChI is InChI=1S/C19H21ClN2O5/c1-12(2)9-16(19(23)24)21-11-13-3-6-15(7-4-13)27-18-8-5-14(20)10-17(18)22(25)26/h3-8,10,12,16,21H,9,11H2,1-2H3,(H,23,24)/t16-/m1/s1. The van der Waals surface area contributed by atoms with Crippen molar-refractivity contribution in [2.45, 2.75) is 32.9 Å². The Bertz CT molecular complexity index is 808. The number of nitrogens with one attached hydrogen (secondary N) is 1. The van der Waals surface area contributed by atoms with Gasteiger partial charge in [-0.2, -0.15) is 0 Å². The van der Waals surface area contributed by atoms with Crippen molar-refractivity contribution in [3.63, 3.8) is 0 Å². The Morgan fingerprint density at radius 3 is 2.48 bits per heavy atom. The Hall–Kier alpha value is -2.64. The maximum Gasteiger partial charge on any atom is 0.320 e. The molecule has 2 N–H and O–H groups in total. The predicted molar refractivity (Wildman–Crippen MR) is 102 cm³/mol. The van der Waals surface area contributed by atoms with Crippen molar-refractivity contribution in [3.8, 4) is 11.5 Å². The van der Waals surface area contributed by atoms with Crippen LogP contribution in [-0.2, 0) is 11.3 Å². The van der Waals surface area contributed by atoms with E-state index >= 15 is 0 Å². The van der Waals surface area contributed by atoms with Gasteiger partial charge in [-0.3, -0.25) is 14.9 Å². The van der Waals surface area contributed by atoms with Gasteiger partial charge in [-0.25, -0.2) is 0 Å². The molecule has 0 fully saturated rings. The van der Waals surface area contributed by atoms with Crippen LogP contribution in [-0.4, -0.2) is 22.0 Å². The lowest BCUT2D eigenvalue weighted by Crippen LogP contribution is -2.37. The second-order valence-electron chi connectivity index (χ2n) is 6.52. The SMILES string of the molecule is CC(C)C[C@@H](NCc1ccc(Oc2ccc(Cl)cc2[N+](=O)[O-])cc1)C(=O)O. The van der Waals surface area contributed by atoms with E-state index in [0.29, 0.717) is 18.7 Å². The number of carbonyl (C=O) groups is 1. The number of nitrogens with zero attached hydrogens (tertiary/aromatic N) is 1. The van der Waals surface area contributed by atoms with Crippen molar-refractivity contribution in [2.75, 3.05) is 0 Å². The third-order valence-corrected chi connectivity index (χ3v) is 4.06. The summed E-state index contributed by atoms with van der Waals surface area (Å²) >= 11 is 5.79. The Morgan fingerprint density at radius 2 is 1.93 bits per heavy atom. The van der Waals surface area contributed by atoms with Gasteiger partial charge in [0.25, 0.3) is 0 Å². The number of rotatable bonds is 9. The molecule has 0 aliphatic carbocycles. The summed E-state index contributed by atoms with van der Waals surface area (Å²) in [5.41, 5.74) is 0.661.